The number of hydrogen-bond donors (Lipinski definition) is 1. The lowest BCUT2D eigenvalue weighted by molar-refractivity contribution is 0.0443. The standard InChI is InChI=1S/C17H29NO2/c1-5-11-18-13-17(20-12-10-14(2)3)15-8-6-7-9-16(15)19-4/h6-9,14,17-18H,5,10-13H2,1-4H3. The van der Waals surface area contributed by atoms with Crippen molar-refractivity contribution in [3.05, 3.63) is 29.8 Å². The van der Waals surface area contributed by atoms with Crippen molar-refractivity contribution in [3.63, 3.8) is 0 Å². The highest BCUT2D eigenvalue weighted by Crippen LogP contribution is 2.27. The highest BCUT2D eigenvalue weighted by Gasteiger charge is 2.16. The molecule has 1 N–H and O–H groups in total. The minimum absolute atomic E-state index is 0.0523. The van der Waals surface area contributed by atoms with Gasteiger partial charge in [-0.25, -0.2) is 0 Å². The molecule has 0 heterocycles. The lowest BCUT2D eigenvalue weighted by Crippen LogP contribution is -2.25. The van der Waals surface area contributed by atoms with Gasteiger partial charge in [-0.15, -0.1) is 0 Å². The van der Waals surface area contributed by atoms with Crippen molar-refractivity contribution in [1.29, 1.82) is 0 Å². The van der Waals surface area contributed by atoms with Gasteiger partial charge in [0.15, 0.2) is 0 Å². The van der Waals surface area contributed by atoms with Crippen LogP contribution in [0.2, 0.25) is 0 Å². The van der Waals surface area contributed by atoms with Gasteiger partial charge in [0.2, 0.25) is 0 Å². The van der Waals surface area contributed by atoms with E-state index in [-0.39, 0.29) is 6.10 Å². The first kappa shape index (κ1) is 17.0. The maximum atomic E-state index is 6.09. The van der Waals surface area contributed by atoms with Crippen molar-refractivity contribution in [2.45, 2.75) is 39.7 Å². The molecule has 0 radical (unpaired) electrons. The van der Waals surface area contributed by atoms with Crippen LogP contribution in [0.1, 0.15) is 45.3 Å². The molecule has 0 saturated heterocycles. The molecule has 20 heavy (non-hydrogen) atoms. The second kappa shape index (κ2) is 9.78. The number of nitrogens with one attached hydrogen (secondary N) is 1. The highest BCUT2D eigenvalue weighted by atomic mass is 16.5. The third-order valence-corrected chi connectivity index (χ3v) is 3.26. The fraction of sp³-hybridized carbons (Fsp3) is 0.647. The maximum Gasteiger partial charge on any atom is 0.124 e. The zero-order valence-electron chi connectivity index (χ0n) is 13.3. The minimum Gasteiger partial charge on any atom is -0.496 e. The highest BCUT2D eigenvalue weighted by molar-refractivity contribution is 5.35. The van der Waals surface area contributed by atoms with Crippen LogP contribution >= 0.6 is 0 Å². The summed E-state index contributed by atoms with van der Waals surface area (Å²) < 4.78 is 11.5. The van der Waals surface area contributed by atoms with Crippen LogP contribution in [0.3, 0.4) is 0 Å². The molecular formula is C17H29NO2. The molecule has 1 unspecified atom stereocenters. The van der Waals surface area contributed by atoms with Gasteiger partial charge < -0.3 is 14.8 Å². The number of methoxy groups -OCH3 is 1. The lowest BCUT2D eigenvalue weighted by atomic mass is 10.1. The fourth-order valence-corrected chi connectivity index (χ4v) is 2.05. The summed E-state index contributed by atoms with van der Waals surface area (Å²) in [5.41, 5.74) is 1.13. The molecule has 0 bridgehead atoms. The quantitative estimate of drug-likeness (QED) is 0.661. The van der Waals surface area contributed by atoms with Gasteiger partial charge in [0.1, 0.15) is 5.75 Å². The summed E-state index contributed by atoms with van der Waals surface area (Å²) in [6.07, 6.45) is 2.26. The molecule has 0 amide bonds. The zero-order chi connectivity index (χ0) is 14.8. The Morgan fingerprint density at radius 1 is 1.20 bits per heavy atom. The summed E-state index contributed by atoms with van der Waals surface area (Å²) in [7, 11) is 1.71. The molecule has 114 valence electrons. The van der Waals surface area contributed by atoms with E-state index in [4.69, 9.17) is 9.47 Å². The van der Waals surface area contributed by atoms with Gasteiger partial charge in [-0.05, 0) is 31.4 Å². The molecule has 3 nitrogen and oxygen atoms in total. The molecule has 0 aliphatic heterocycles. The molecule has 0 saturated carbocycles. The maximum absolute atomic E-state index is 6.09. The van der Waals surface area contributed by atoms with E-state index in [9.17, 15) is 0 Å². The Morgan fingerprint density at radius 3 is 2.60 bits per heavy atom. The van der Waals surface area contributed by atoms with Crippen molar-refractivity contribution in [3.8, 4) is 5.75 Å². The van der Waals surface area contributed by atoms with Gasteiger partial charge >= 0.3 is 0 Å². The van der Waals surface area contributed by atoms with Crippen LogP contribution in [0, 0.1) is 5.92 Å². The molecule has 1 atom stereocenters. The molecule has 0 aliphatic rings. The topological polar surface area (TPSA) is 30.5 Å². The minimum atomic E-state index is 0.0523. The fourth-order valence-electron chi connectivity index (χ4n) is 2.05. The Kier molecular flexibility index (Phi) is 8.31. The molecule has 3 heteroatoms. The smallest absolute Gasteiger partial charge is 0.124 e. The van der Waals surface area contributed by atoms with Crippen LogP contribution in [0.5, 0.6) is 5.75 Å². The van der Waals surface area contributed by atoms with Gasteiger partial charge in [0, 0.05) is 18.7 Å². The molecular weight excluding hydrogens is 250 g/mol. The summed E-state index contributed by atoms with van der Waals surface area (Å²) in [5.74, 6) is 1.57. The first-order valence-electron chi connectivity index (χ1n) is 7.64. The third kappa shape index (κ3) is 5.93. The Balaban J connectivity index is 2.69. The number of benzene rings is 1. The van der Waals surface area contributed by atoms with Crippen molar-refractivity contribution in [1.82, 2.24) is 5.32 Å². The number of rotatable bonds is 10. The molecule has 1 rings (SSSR count). The lowest BCUT2D eigenvalue weighted by Gasteiger charge is -2.21. The predicted octanol–water partition coefficient (Wildman–Crippen LogP) is 3.80. The Bertz CT molecular complexity index is 366. The second-order valence-electron chi connectivity index (χ2n) is 5.49. The van der Waals surface area contributed by atoms with Crippen molar-refractivity contribution in [2.24, 2.45) is 5.92 Å². The monoisotopic (exact) mass is 279 g/mol. The first-order chi connectivity index (χ1) is 9.69. The van der Waals surface area contributed by atoms with Crippen LogP contribution in [0.15, 0.2) is 24.3 Å². The molecule has 0 aromatic heterocycles. The summed E-state index contributed by atoms with van der Waals surface area (Å²) in [6, 6.07) is 8.12. The number of para-hydroxylation sites is 1. The van der Waals surface area contributed by atoms with E-state index in [0.29, 0.717) is 5.92 Å². The van der Waals surface area contributed by atoms with E-state index in [0.717, 1.165) is 43.9 Å². The van der Waals surface area contributed by atoms with E-state index in [1.54, 1.807) is 7.11 Å². The van der Waals surface area contributed by atoms with Gasteiger partial charge in [-0.2, -0.15) is 0 Å². The van der Waals surface area contributed by atoms with E-state index < -0.39 is 0 Å². The van der Waals surface area contributed by atoms with Gasteiger partial charge in [0.25, 0.3) is 0 Å². The van der Waals surface area contributed by atoms with Crippen molar-refractivity contribution < 1.29 is 9.47 Å². The van der Waals surface area contributed by atoms with E-state index in [1.165, 1.54) is 0 Å². The molecule has 1 aromatic carbocycles. The van der Waals surface area contributed by atoms with E-state index in [2.05, 4.69) is 32.2 Å². The summed E-state index contributed by atoms with van der Waals surface area (Å²) in [6.45, 7) is 9.23. The zero-order valence-corrected chi connectivity index (χ0v) is 13.3. The van der Waals surface area contributed by atoms with Crippen molar-refractivity contribution in [2.75, 3.05) is 26.8 Å². The van der Waals surface area contributed by atoms with Crippen LogP contribution in [-0.4, -0.2) is 26.8 Å². The Labute approximate surface area is 123 Å². The van der Waals surface area contributed by atoms with Crippen molar-refractivity contribution >= 4 is 0 Å². The molecule has 0 spiro atoms. The number of ether oxygens (including phenoxy) is 2. The normalized spacial score (nSPS) is 12.7. The average molecular weight is 279 g/mol. The van der Waals surface area contributed by atoms with Gasteiger partial charge in [0.05, 0.1) is 13.2 Å². The summed E-state index contributed by atoms with van der Waals surface area (Å²) in [5, 5.41) is 3.44. The third-order valence-electron chi connectivity index (χ3n) is 3.26. The molecule has 1 aromatic rings. The Hall–Kier alpha value is -1.06. The molecule has 0 aliphatic carbocycles. The van der Waals surface area contributed by atoms with E-state index >= 15 is 0 Å². The predicted molar refractivity (Wildman–Crippen MR) is 84.3 cm³/mol. The largest absolute Gasteiger partial charge is 0.496 e. The van der Waals surface area contributed by atoms with Crippen LogP contribution < -0.4 is 10.1 Å². The van der Waals surface area contributed by atoms with Gasteiger partial charge in [-0.1, -0.05) is 39.0 Å². The summed E-state index contributed by atoms with van der Waals surface area (Å²) in [4.78, 5) is 0. The second-order valence-corrected chi connectivity index (χ2v) is 5.49. The number of hydrogen-bond acceptors (Lipinski definition) is 3. The van der Waals surface area contributed by atoms with Crippen LogP contribution in [-0.2, 0) is 4.74 Å². The average Bonchev–Trinajstić information content (AvgIpc) is 2.45. The van der Waals surface area contributed by atoms with E-state index in [1.807, 2.05) is 18.2 Å². The van der Waals surface area contributed by atoms with Crippen LogP contribution in [0.25, 0.3) is 0 Å². The first-order valence-corrected chi connectivity index (χ1v) is 7.64. The molecule has 0 fully saturated rings. The SMILES string of the molecule is CCCNCC(OCCC(C)C)c1ccccc1OC. The van der Waals surface area contributed by atoms with Gasteiger partial charge in [-0.3, -0.25) is 0 Å². The summed E-state index contributed by atoms with van der Waals surface area (Å²) >= 11 is 0. The van der Waals surface area contributed by atoms with Crippen LogP contribution in [0.4, 0.5) is 0 Å². The Morgan fingerprint density at radius 2 is 1.95 bits per heavy atom.